The Morgan fingerprint density at radius 2 is 1.83 bits per heavy atom. The van der Waals surface area contributed by atoms with Crippen molar-refractivity contribution in [1.82, 2.24) is 14.1 Å². The van der Waals surface area contributed by atoms with Crippen molar-refractivity contribution in [3.63, 3.8) is 0 Å². The van der Waals surface area contributed by atoms with E-state index in [-0.39, 0.29) is 5.97 Å². The summed E-state index contributed by atoms with van der Waals surface area (Å²) in [4.78, 5) is 17.6. The van der Waals surface area contributed by atoms with Crippen molar-refractivity contribution < 1.29 is 14.3 Å². The number of thioether (sulfide) groups is 1. The molecule has 2 fully saturated rings. The van der Waals surface area contributed by atoms with Crippen LogP contribution in [0.1, 0.15) is 42.5 Å². The van der Waals surface area contributed by atoms with Gasteiger partial charge in [-0.05, 0) is 79.7 Å². The minimum Gasteiger partial charge on any atom is -0.494 e. The number of benzene rings is 2. The number of aryl methyl sites for hydroxylation is 1. The number of aromatic nitrogens is 3. The van der Waals surface area contributed by atoms with Crippen LogP contribution in [-0.2, 0) is 17.8 Å². The zero-order valence-corrected chi connectivity index (χ0v) is 21.9. The first-order valence-electron chi connectivity index (χ1n) is 13.0. The topological polar surface area (TPSA) is 58.3 Å². The number of methoxy groups -OCH3 is 2. The van der Waals surface area contributed by atoms with Crippen LogP contribution in [0, 0.1) is 11.8 Å². The lowest BCUT2D eigenvalue weighted by Gasteiger charge is -2.22. The molecule has 1 saturated carbocycles. The van der Waals surface area contributed by atoms with Crippen LogP contribution < -0.4 is 4.74 Å². The summed E-state index contributed by atoms with van der Waals surface area (Å²) in [6.07, 6.45) is 6.25. The molecule has 0 radical (unpaired) electrons. The molecule has 0 spiro atoms. The lowest BCUT2D eigenvalue weighted by atomic mass is 9.99. The molecule has 0 bridgehead atoms. The molecule has 1 aliphatic heterocycles. The molecule has 2 aromatic carbocycles. The number of ether oxygens (including phenoxy) is 2. The highest BCUT2D eigenvalue weighted by molar-refractivity contribution is 7.99. The maximum atomic E-state index is 12.4. The number of imidazole rings is 1. The third kappa shape index (κ3) is 4.38. The molecule has 3 heterocycles. The Bertz CT molecular complexity index is 1410. The number of rotatable bonds is 8. The van der Waals surface area contributed by atoms with Gasteiger partial charge in [0.2, 0.25) is 0 Å². The average Bonchev–Trinajstić information content (AvgIpc) is 3.56. The summed E-state index contributed by atoms with van der Waals surface area (Å²) in [6.45, 7) is 1.89. The van der Waals surface area contributed by atoms with Gasteiger partial charge >= 0.3 is 5.97 Å². The van der Waals surface area contributed by atoms with E-state index in [0.717, 1.165) is 53.9 Å². The smallest absolute Gasteiger partial charge is 0.338 e. The van der Waals surface area contributed by atoms with Gasteiger partial charge in [-0.2, -0.15) is 11.8 Å². The predicted octanol–water partition coefficient (Wildman–Crippen LogP) is 6.40. The number of carbonyl (C=O) groups excluding carboxylic acids is 1. The summed E-state index contributed by atoms with van der Waals surface area (Å²) in [5.74, 6) is 5.21. The second-order valence-electron chi connectivity index (χ2n) is 10.1. The van der Waals surface area contributed by atoms with Crippen LogP contribution >= 0.6 is 11.8 Å². The van der Waals surface area contributed by atoms with Crippen LogP contribution in [0.25, 0.3) is 33.5 Å². The fourth-order valence-electron chi connectivity index (χ4n) is 5.53. The van der Waals surface area contributed by atoms with E-state index in [0.29, 0.717) is 11.3 Å². The zero-order chi connectivity index (χ0) is 24.6. The van der Waals surface area contributed by atoms with Gasteiger partial charge in [-0.1, -0.05) is 18.2 Å². The molecule has 2 aliphatic rings. The van der Waals surface area contributed by atoms with Crippen molar-refractivity contribution in [3.8, 4) is 17.3 Å². The minimum atomic E-state index is -0.381. The van der Waals surface area contributed by atoms with E-state index in [1.54, 1.807) is 13.2 Å². The summed E-state index contributed by atoms with van der Waals surface area (Å²) < 4.78 is 15.6. The average molecular weight is 504 g/mol. The van der Waals surface area contributed by atoms with Gasteiger partial charge in [0, 0.05) is 24.0 Å². The lowest BCUT2D eigenvalue weighted by molar-refractivity contribution is 0.0600. The molecule has 1 aliphatic carbocycles. The Balaban J connectivity index is 1.53. The number of hydrogen-bond donors (Lipinski definition) is 0. The highest BCUT2D eigenvalue weighted by atomic mass is 32.2. The molecule has 0 N–H and O–H groups in total. The van der Waals surface area contributed by atoms with Crippen molar-refractivity contribution in [1.29, 1.82) is 0 Å². The molecule has 188 valence electrons. The third-order valence-electron chi connectivity index (χ3n) is 7.73. The first-order chi connectivity index (χ1) is 17.7. The maximum Gasteiger partial charge on any atom is 0.338 e. The number of hydrogen-bond acceptors (Lipinski definition) is 5. The summed E-state index contributed by atoms with van der Waals surface area (Å²) in [5.41, 5.74) is 4.58. The van der Waals surface area contributed by atoms with Gasteiger partial charge in [-0.15, -0.1) is 0 Å². The van der Waals surface area contributed by atoms with Gasteiger partial charge in [0.05, 0.1) is 31.0 Å². The monoisotopic (exact) mass is 503 g/mol. The SMILES string of the molecule is COC(=O)c1cc(OC)c2c(c1)nc(-c1cc3ccccc3n1CC1CC1)n2CCC1CCSCC1. The quantitative estimate of drug-likeness (QED) is 0.261. The third-order valence-corrected chi connectivity index (χ3v) is 8.78. The molecule has 7 heteroatoms. The van der Waals surface area contributed by atoms with Crippen molar-refractivity contribution in [2.75, 3.05) is 25.7 Å². The molecule has 0 amide bonds. The van der Waals surface area contributed by atoms with Crippen molar-refractivity contribution in [3.05, 3.63) is 48.0 Å². The molecule has 0 atom stereocenters. The van der Waals surface area contributed by atoms with E-state index in [1.165, 1.54) is 55.2 Å². The molecule has 4 aromatic rings. The highest BCUT2D eigenvalue weighted by Crippen LogP contribution is 2.39. The Hall–Kier alpha value is -2.93. The fraction of sp³-hybridized carbons (Fsp3) is 0.448. The molecule has 6 rings (SSSR count). The second-order valence-corrected chi connectivity index (χ2v) is 11.3. The Labute approximate surface area is 216 Å². The first kappa shape index (κ1) is 23.5. The summed E-state index contributed by atoms with van der Waals surface area (Å²) >= 11 is 2.07. The standard InChI is InChI=1S/C29H33N3O3S/c1-34-26-17-22(29(33)35-2)15-23-27(26)31(12-9-19-10-13-36-14-11-19)28(30-23)25-16-21-5-3-4-6-24(21)32(25)18-20-7-8-20/h3-6,15-17,19-20H,7-14,18H2,1-2H3. The zero-order valence-electron chi connectivity index (χ0n) is 21.0. The van der Waals surface area contributed by atoms with Crippen LogP contribution in [0.4, 0.5) is 0 Å². The number of nitrogens with zero attached hydrogens (tertiary/aromatic N) is 3. The number of para-hydroxylation sites is 1. The molecular formula is C29H33N3O3S. The summed E-state index contributed by atoms with van der Waals surface area (Å²) in [7, 11) is 3.07. The van der Waals surface area contributed by atoms with Gasteiger partial charge in [-0.25, -0.2) is 9.78 Å². The Kier molecular flexibility index (Phi) is 6.42. The Morgan fingerprint density at radius 1 is 1.03 bits per heavy atom. The largest absolute Gasteiger partial charge is 0.494 e. The minimum absolute atomic E-state index is 0.381. The van der Waals surface area contributed by atoms with Crippen LogP contribution in [0.3, 0.4) is 0 Å². The van der Waals surface area contributed by atoms with Crippen LogP contribution in [0.5, 0.6) is 5.75 Å². The van der Waals surface area contributed by atoms with Gasteiger partial charge in [-0.3, -0.25) is 0 Å². The van der Waals surface area contributed by atoms with E-state index >= 15 is 0 Å². The molecule has 1 saturated heterocycles. The van der Waals surface area contributed by atoms with Crippen LogP contribution in [-0.4, -0.2) is 45.8 Å². The van der Waals surface area contributed by atoms with Crippen molar-refractivity contribution in [2.24, 2.45) is 11.8 Å². The molecule has 6 nitrogen and oxygen atoms in total. The second kappa shape index (κ2) is 9.85. The number of esters is 1. The van der Waals surface area contributed by atoms with Crippen molar-refractivity contribution >= 4 is 39.7 Å². The summed E-state index contributed by atoms with van der Waals surface area (Å²) in [5, 5.41) is 1.23. The molecular weight excluding hydrogens is 470 g/mol. The number of carbonyl (C=O) groups is 1. The molecule has 0 unspecified atom stereocenters. The van der Waals surface area contributed by atoms with Crippen LogP contribution in [0.2, 0.25) is 0 Å². The van der Waals surface area contributed by atoms with Gasteiger partial charge in [0.15, 0.2) is 5.82 Å². The highest BCUT2D eigenvalue weighted by Gasteiger charge is 2.27. The van der Waals surface area contributed by atoms with Gasteiger partial charge < -0.3 is 18.6 Å². The van der Waals surface area contributed by atoms with Gasteiger partial charge in [0.25, 0.3) is 0 Å². The van der Waals surface area contributed by atoms with E-state index in [9.17, 15) is 4.79 Å². The van der Waals surface area contributed by atoms with E-state index in [4.69, 9.17) is 14.5 Å². The van der Waals surface area contributed by atoms with E-state index < -0.39 is 0 Å². The lowest BCUT2D eigenvalue weighted by Crippen LogP contribution is -2.14. The van der Waals surface area contributed by atoms with Crippen LogP contribution in [0.15, 0.2) is 42.5 Å². The first-order valence-corrected chi connectivity index (χ1v) is 14.1. The molecule has 2 aromatic heterocycles. The fourth-order valence-corrected chi connectivity index (χ4v) is 6.74. The maximum absolute atomic E-state index is 12.4. The normalized spacial score (nSPS) is 16.6. The van der Waals surface area contributed by atoms with E-state index in [2.05, 4.69) is 51.2 Å². The van der Waals surface area contributed by atoms with Gasteiger partial charge in [0.1, 0.15) is 11.3 Å². The number of fused-ring (bicyclic) bond motifs is 2. The Morgan fingerprint density at radius 3 is 2.58 bits per heavy atom. The van der Waals surface area contributed by atoms with Crippen molar-refractivity contribution in [2.45, 2.75) is 45.2 Å². The van der Waals surface area contributed by atoms with E-state index in [1.807, 2.05) is 6.07 Å². The molecule has 36 heavy (non-hydrogen) atoms. The summed E-state index contributed by atoms with van der Waals surface area (Å²) in [6, 6.07) is 14.5. The predicted molar refractivity (Wildman–Crippen MR) is 146 cm³/mol.